The molecule has 0 radical (unpaired) electrons. The highest BCUT2D eigenvalue weighted by molar-refractivity contribution is 7.90. The van der Waals surface area contributed by atoms with Gasteiger partial charge in [0, 0.05) is 11.3 Å². The first-order chi connectivity index (χ1) is 17.9. The van der Waals surface area contributed by atoms with E-state index in [1.54, 1.807) is 36.3 Å². The van der Waals surface area contributed by atoms with Crippen molar-refractivity contribution in [2.45, 2.75) is 17.9 Å². The van der Waals surface area contributed by atoms with Crippen LogP contribution in [0.5, 0.6) is 5.75 Å². The zero-order valence-corrected chi connectivity index (χ0v) is 21.3. The van der Waals surface area contributed by atoms with Crippen LogP contribution in [0, 0.1) is 6.92 Å². The second kappa shape index (κ2) is 10.3. The maximum Gasteiger partial charge on any atom is 0.314 e. The Balaban J connectivity index is 1.71. The molecule has 0 N–H and O–H groups in total. The highest BCUT2D eigenvalue weighted by Crippen LogP contribution is 2.38. The summed E-state index contributed by atoms with van der Waals surface area (Å²) in [5.41, 5.74) is 3.43. The Morgan fingerprint density at radius 3 is 2.05 bits per heavy atom. The van der Waals surface area contributed by atoms with Crippen molar-refractivity contribution in [3.8, 4) is 5.75 Å². The van der Waals surface area contributed by atoms with Crippen molar-refractivity contribution in [2.75, 3.05) is 12.0 Å². The van der Waals surface area contributed by atoms with Crippen LogP contribution in [0.2, 0.25) is 0 Å². The number of nitrogens with zero attached hydrogens (tertiary/aromatic N) is 2. The fourth-order valence-electron chi connectivity index (χ4n) is 4.11. The van der Waals surface area contributed by atoms with E-state index in [0.29, 0.717) is 17.2 Å². The lowest BCUT2D eigenvalue weighted by atomic mass is 10.0. The molecule has 1 atom stereocenters. The molecule has 0 saturated carbocycles. The summed E-state index contributed by atoms with van der Waals surface area (Å²) in [6, 6.07) is 32.9. The van der Waals surface area contributed by atoms with Crippen molar-refractivity contribution in [1.82, 2.24) is 0 Å². The van der Waals surface area contributed by atoms with E-state index >= 15 is 0 Å². The summed E-state index contributed by atoms with van der Waals surface area (Å²) in [4.78, 5) is 1.88. The number of amidine groups is 1. The molecule has 0 amide bonds. The first kappa shape index (κ1) is 24.3. The molecule has 7 heteroatoms. The fourth-order valence-corrected chi connectivity index (χ4v) is 5.03. The third-order valence-electron chi connectivity index (χ3n) is 6.06. The van der Waals surface area contributed by atoms with E-state index in [1.807, 2.05) is 97.9 Å². The van der Waals surface area contributed by atoms with E-state index in [0.717, 1.165) is 16.7 Å². The molecule has 0 aromatic heterocycles. The van der Waals surface area contributed by atoms with Crippen molar-refractivity contribution in [1.29, 1.82) is 0 Å². The molecule has 1 aliphatic rings. The van der Waals surface area contributed by atoms with Gasteiger partial charge in [-0.1, -0.05) is 78.4 Å². The summed E-state index contributed by atoms with van der Waals surface area (Å²) in [7, 11) is -2.47. The van der Waals surface area contributed by atoms with Crippen LogP contribution in [0.3, 0.4) is 0 Å². The van der Waals surface area contributed by atoms with E-state index in [-0.39, 0.29) is 17.0 Å². The average molecular weight is 511 g/mol. The van der Waals surface area contributed by atoms with Crippen molar-refractivity contribution >= 4 is 27.5 Å². The van der Waals surface area contributed by atoms with Crippen LogP contribution < -0.4 is 9.64 Å². The van der Waals surface area contributed by atoms with Crippen LogP contribution in [0.4, 0.5) is 5.69 Å². The summed E-state index contributed by atoms with van der Waals surface area (Å²) >= 11 is 0. The summed E-state index contributed by atoms with van der Waals surface area (Å²) in [5.74, 6) is 1.21. The van der Waals surface area contributed by atoms with Gasteiger partial charge in [-0.25, -0.2) is 0 Å². The first-order valence-electron chi connectivity index (χ1n) is 11.8. The minimum atomic E-state index is -4.07. The smallest absolute Gasteiger partial charge is 0.314 e. The number of methoxy groups -OCH3 is 1. The second-order valence-electron chi connectivity index (χ2n) is 8.58. The lowest BCUT2D eigenvalue weighted by Crippen LogP contribution is -2.39. The monoisotopic (exact) mass is 510 g/mol. The van der Waals surface area contributed by atoms with E-state index in [1.165, 1.54) is 0 Å². The van der Waals surface area contributed by atoms with Gasteiger partial charge < -0.3 is 9.47 Å². The van der Waals surface area contributed by atoms with Gasteiger partial charge in [-0.15, -0.1) is 4.40 Å². The third-order valence-corrected chi connectivity index (χ3v) is 7.33. The quantitative estimate of drug-likeness (QED) is 0.302. The Hall–Kier alpha value is -4.36. The van der Waals surface area contributed by atoms with Crippen LogP contribution in [-0.2, 0) is 14.8 Å². The molecule has 4 aromatic rings. The van der Waals surface area contributed by atoms with Crippen LogP contribution in [0.25, 0.3) is 5.76 Å². The standard InChI is InChI=1S/C30H26N2O4S/c1-22-13-19-27(20-14-22)37(33,34)31-30-32(25-15-17-26(35-2)18-16-25)28(23-9-5-3-6-10-23)21-29(36-30)24-11-7-4-8-12-24/h3-21,28H,1-2H3/b31-30-/t28-/m0/s1. The molecule has 186 valence electrons. The molecular formula is C30H26N2O4S. The van der Waals surface area contributed by atoms with Crippen molar-refractivity contribution in [2.24, 2.45) is 4.40 Å². The zero-order chi connectivity index (χ0) is 25.8. The topological polar surface area (TPSA) is 68.2 Å². The molecule has 0 fully saturated rings. The van der Waals surface area contributed by atoms with Gasteiger partial charge in [-0.2, -0.15) is 8.42 Å². The lowest BCUT2D eigenvalue weighted by Gasteiger charge is -2.36. The maximum atomic E-state index is 13.4. The van der Waals surface area contributed by atoms with E-state index in [4.69, 9.17) is 9.47 Å². The molecule has 0 bridgehead atoms. The Labute approximate surface area is 217 Å². The molecule has 4 aromatic carbocycles. The molecule has 1 aliphatic heterocycles. The summed E-state index contributed by atoms with van der Waals surface area (Å²) < 4.78 is 42.7. The lowest BCUT2D eigenvalue weighted by molar-refractivity contribution is 0.414. The van der Waals surface area contributed by atoms with Crippen molar-refractivity contribution < 1.29 is 17.9 Å². The Bertz CT molecular complexity index is 1530. The van der Waals surface area contributed by atoms with Crippen LogP contribution in [-0.4, -0.2) is 21.5 Å². The number of rotatable bonds is 6. The van der Waals surface area contributed by atoms with Crippen LogP contribution >= 0.6 is 0 Å². The van der Waals surface area contributed by atoms with E-state index in [9.17, 15) is 8.42 Å². The summed E-state index contributed by atoms with van der Waals surface area (Å²) in [6.07, 6.45) is 1.98. The van der Waals surface area contributed by atoms with Crippen molar-refractivity contribution in [3.63, 3.8) is 0 Å². The molecule has 1 heterocycles. The van der Waals surface area contributed by atoms with Crippen LogP contribution in [0.15, 0.2) is 125 Å². The minimum absolute atomic E-state index is 0.0408. The molecule has 5 rings (SSSR count). The number of anilines is 1. The maximum absolute atomic E-state index is 13.4. The van der Waals surface area contributed by atoms with Gasteiger partial charge in [0.1, 0.15) is 11.5 Å². The van der Waals surface area contributed by atoms with Gasteiger partial charge in [-0.05, 0) is 55.0 Å². The molecule has 0 spiro atoms. The summed E-state index contributed by atoms with van der Waals surface area (Å²) in [5, 5.41) is 0. The number of sulfonamides is 1. The van der Waals surface area contributed by atoms with E-state index in [2.05, 4.69) is 4.40 Å². The Morgan fingerprint density at radius 1 is 0.811 bits per heavy atom. The number of ether oxygens (including phenoxy) is 2. The van der Waals surface area contributed by atoms with Crippen molar-refractivity contribution in [3.05, 3.63) is 132 Å². The molecule has 0 saturated heterocycles. The highest BCUT2D eigenvalue weighted by atomic mass is 32.2. The predicted molar refractivity (Wildman–Crippen MR) is 146 cm³/mol. The van der Waals surface area contributed by atoms with Gasteiger partial charge in [0.25, 0.3) is 10.0 Å². The number of aryl methyl sites for hydroxylation is 1. The minimum Gasteiger partial charge on any atom is -0.497 e. The molecule has 37 heavy (non-hydrogen) atoms. The average Bonchev–Trinajstić information content (AvgIpc) is 2.94. The molecule has 0 aliphatic carbocycles. The van der Waals surface area contributed by atoms with Gasteiger partial charge in [-0.3, -0.25) is 4.90 Å². The molecule has 6 nitrogen and oxygen atoms in total. The SMILES string of the molecule is COc1ccc(N2/C(=N/S(=O)(=O)c3ccc(C)cc3)OC(c3ccccc3)=C[C@H]2c2ccccc2)cc1. The molecular weight excluding hydrogens is 484 g/mol. The fraction of sp³-hybridized carbons (Fsp3) is 0.100. The first-order valence-corrected chi connectivity index (χ1v) is 13.2. The number of hydrogen-bond acceptors (Lipinski definition) is 4. The molecule has 0 unspecified atom stereocenters. The summed E-state index contributed by atoms with van der Waals surface area (Å²) in [6.45, 7) is 1.90. The Morgan fingerprint density at radius 2 is 1.43 bits per heavy atom. The predicted octanol–water partition coefficient (Wildman–Crippen LogP) is 6.37. The van der Waals surface area contributed by atoms with Crippen LogP contribution in [0.1, 0.15) is 22.7 Å². The normalized spacial score (nSPS) is 16.7. The highest BCUT2D eigenvalue weighted by Gasteiger charge is 2.33. The largest absolute Gasteiger partial charge is 0.497 e. The number of hydrogen-bond donors (Lipinski definition) is 0. The van der Waals surface area contributed by atoms with Gasteiger partial charge in [0.15, 0.2) is 0 Å². The third kappa shape index (κ3) is 5.27. The van der Waals surface area contributed by atoms with Gasteiger partial charge in [0.2, 0.25) is 0 Å². The second-order valence-corrected chi connectivity index (χ2v) is 10.2. The Kier molecular flexibility index (Phi) is 6.79. The zero-order valence-electron chi connectivity index (χ0n) is 20.5. The van der Waals surface area contributed by atoms with E-state index < -0.39 is 10.0 Å². The number of benzene rings is 4. The van der Waals surface area contributed by atoms with Gasteiger partial charge >= 0.3 is 6.02 Å². The van der Waals surface area contributed by atoms with Gasteiger partial charge in [0.05, 0.1) is 18.0 Å².